The van der Waals surface area contributed by atoms with Gasteiger partial charge in [-0.3, -0.25) is 0 Å². The molecule has 0 saturated heterocycles. The van der Waals surface area contributed by atoms with Gasteiger partial charge in [0.1, 0.15) is 11.6 Å². The van der Waals surface area contributed by atoms with Crippen molar-refractivity contribution in [3.63, 3.8) is 0 Å². The molecule has 0 aliphatic carbocycles. The quantitative estimate of drug-likeness (QED) is 0.790. The molecule has 0 bridgehead atoms. The first-order chi connectivity index (χ1) is 11.8. The Morgan fingerprint density at radius 3 is 3.04 bits per heavy atom. The highest BCUT2D eigenvalue weighted by Crippen LogP contribution is 2.22. The van der Waals surface area contributed by atoms with Crippen LogP contribution in [0.1, 0.15) is 17.7 Å². The van der Waals surface area contributed by atoms with Crippen molar-refractivity contribution in [3.8, 4) is 5.75 Å². The van der Waals surface area contributed by atoms with E-state index in [0.29, 0.717) is 24.4 Å². The molecule has 1 aliphatic heterocycles. The van der Waals surface area contributed by atoms with E-state index in [2.05, 4.69) is 27.0 Å². The van der Waals surface area contributed by atoms with Crippen molar-refractivity contribution in [1.29, 1.82) is 0 Å². The van der Waals surface area contributed by atoms with E-state index in [0.717, 1.165) is 30.9 Å². The van der Waals surface area contributed by atoms with Gasteiger partial charge in [-0.05, 0) is 36.6 Å². The van der Waals surface area contributed by atoms with Crippen LogP contribution in [0.4, 0.5) is 16.3 Å². The Morgan fingerprint density at radius 2 is 2.17 bits per heavy atom. The number of ether oxygens (including phenoxy) is 1. The summed E-state index contributed by atoms with van der Waals surface area (Å²) in [7, 11) is 1.58. The SMILES string of the molecule is COc1ccccc1NC(=O)NCCc1ccc2c(n1)NCCC2. The van der Waals surface area contributed by atoms with E-state index in [1.54, 1.807) is 19.2 Å². The van der Waals surface area contributed by atoms with Crippen LogP contribution in [-0.4, -0.2) is 31.2 Å². The van der Waals surface area contributed by atoms with Crippen molar-refractivity contribution in [3.05, 3.63) is 47.7 Å². The highest BCUT2D eigenvalue weighted by Gasteiger charge is 2.10. The number of methoxy groups -OCH3 is 1. The molecule has 0 saturated carbocycles. The number of nitrogens with zero attached hydrogens (tertiary/aromatic N) is 1. The average molecular weight is 326 g/mol. The molecule has 6 nitrogen and oxygen atoms in total. The fourth-order valence-corrected chi connectivity index (χ4v) is 2.73. The van der Waals surface area contributed by atoms with Gasteiger partial charge in [0, 0.05) is 25.2 Å². The average Bonchev–Trinajstić information content (AvgIpc) is 2.62. The number of benzene rings is 1. The van der Waals surface area contributed by atoms with Crippen LogP contribution < -0.4 is 20.7 Å². The number of carbonyl (C=O) groups is 1. The van der Waals surface area contributed by atoms with Crippen LogP contribution in [0.2, 0.25) is 0 Å². The first kappa shape index (κ1) is 16.1. The molecule has 0 radical (unpaired) electrons. The van der Waals surface area contributed by atoms with Gasteiger partial charge in [0.05, 0.1) is 12.8 Å². The Morgan fingerprint density at radius 1 is 1.29 bits per heavy atom. The number of anilines is 2. The van der Waals surface area contributed by atoms with E-state index >= 15 is 0 Å². The Bertz CT molecular complexity index is 718. The molecule has 1 aromatic carbocycles. The lowest BCUT2D eigenvalue weighted by Crippen LogP contribution is -2.30. The third-order valence-electron chi connectivity index (χ3n) is 3.97. The number of amides is 2. The van der Waals surface area contributed by atoms with Crippen LogP contribution in [0.25, 0.3) is 0 Å². The minimum Gasteiger partial charge on any atom is -0.495 e. The molecule has 0 atom stereocenters. The van der Waals surface area contributed by atoms with Crippen molar-refractivity contribution >= 4 is 17.5 Å². The Labute approximate surface area is 141 Å². The van der Waals surface area contributed by atoms with Crippen molar-refractivity contribution in [1.82, 2.24) is 10.3 Å². The fourth-order valence-electron chi connectivity index (χ4n) is 2.73. The number of carbonyl (C=O) groups excluding carboxylic acids is 1. The summed E-state index contributed by atoms with van der Waals surface area (Å²) in [6.07, 6.45) is 2.92. The second kappa shape index (κ2) is 7.68. The van der Waals surface area contributed by atoms with Crippen LogP contribution in [0, 0.1) is 0 Å². The maximum atomic E-state index is 12.0. The van der Waals surface area contributed by atoms with Gasteiger partial charge in [-0.15, -0.1) is 0 Å². The molecule has 0 unspecified atom stereocenters. The largest absolute Gasteiger partial charge is 0.495 e. The second-order valence-corrected chi connectivity index (χ2v) is 5.67. The molecule has 24 heavy (non-hydrogen) atoms. The minimum absolute atomic E-state index is 0.254. The molecular weight excluding hydrogens is 304 g/mol. The first-order valence-electron chi connectivity index (χ1n) is 8.17. The highest BCUT2D eigenvalue weighted by molar-refractivity contribution is 5.90. The topological polar surface area (TPSA) is 75.3 Å². The van der Waals surface area contributed by atoms with Gasteiger partial charge in [0.2, 0.25) is 0 Å². The molecule has 2 aromatic rings. The molecule has 0 spiro atoms. The molecule has 1 aromatic heterocycles. The zero-order chi connectivity index (χ0) is 16.8. The lowest BCUT2D eigenvalue weighted by Gasteiger charge is -2.17. The van der Waals surface area contributed by atoms with Gasteiger partial charge >= 0.3 is 6.03 Å². The lowest BCUT2D eigenvalue weighted by atomic mass is 10.1. The van der Waals surface area contributed by atoms with Crippen LogP contribution in [0.5, 0.6) is 5.75 Å². The summed E-state index contributed by atoms with van der Waals surface area (Å²) in [6, 6.07) is 11.2. The van der Waals surface area contributed by atoms with Crippen molar-refractivity contribution in [2.75, 3.05) is 30.8 Å². The number of aryl methyl sites for hydroxylation is 1. The minimum atomic E-state index is -0.254. The van der Waals surface area contributed by atoms with E-state index in [9.17, 15) is 4.79 Å². The molecule has 3 rings (SSSR count). The number of nitrogens with one attached hydrogen (secondary N) is 3. The third kappa shape index (κ3) is 3.95. The molecule has 1 aliphatic rings. The number of rotatable bonds is 5. The summed E-state index contributed by atoms with van der Waals surface area (Å²) in [4.78, 5) is 16.6. The van der Waals surface area contributed by atoms with Gasteiger partial charge in [-0.2, -0.15) is 0 Å². The third-order valence-corrected chi connectivity index (χ3v) is 3.97. The smallest absolute Gasteiger partial charge is 0.319 e. The Hall–Kier alpha value is -2.76. The van der Waals surface area contributed by atoms with Gasteiger partial charge in [-0.1, -0.05) is 18.2 Å². The monoisotopic (exact) mass is 326 g/mol. The number of urea groups is 1. The first-order valence-corrected chi connectivity index (χ1v) is 8.17. The summed E-state index contributed by atoms with van der Waals surface area (Å²) < 4.78 is 5.21. The molecule has 3 N–H and O–H groups in total. The molecule has 2 heterocycles. The van der Waals surface area contributed by atoms with Crippen LogP contribution in [0.3, 0.4) is 0 Å². The van der Waals surface area contributed by atoms with Gasteiger partial charge in [0.25, 0.3) is 0 Å². The summed E-state index contributed by atoms with van der Waals surface area (Å²) in [5.74, 6) is 1.62. The van der Waals surface area contributed by atoms with Gasteiger partial charge < -0.3 is 20.7 Å². The summed E-state index contributed by atoms with van der Waals surface area (Å²) >= 11 is 0. The molecule has 126 valence electrons. The van der Waals surface area contributed by atoms with Gasteiger partial charge in [-0.25, -0.2) is 9.78 Å². The van der Waals surface area contributed by atoms with E-state index in [1.165, 1.54) is 5.56 Å². The van der Waals surface area contributed by atoms with E-state index in [1.807, 2.05) is 18.2 Å². The number of hydrogen-bond acceptors (Lipinski definition) is 4. The number of pyridine rings is 1. The summed E-state index contributed by atoms with van der Waals surface area (Å²) in [5.41, 5.74) is 2.89. The molecule has 0 fully saturated rings. The van der Waals surface area contributed by atoms with Crippen LogP contribution in [0.15, 0.2) is 36.4 Å². The predicted molar refractivity (Wildman–Crippen MR) is 94.8 cm³/mol. The fraction of sp³-hybridized carbons (Fsp3) is 0.333. The van der Waals surface area contributed by atoms with Gasteiger partial charge in [0.15, 0.2) is 0 Å². The number of para-hydroxylation sites is 2. The highest BCUT2D eigenvalue weighted by atomic mass is 16.5. The lowest BCUT2D eigenvalue weighted by molar-refractivity contribution is 0.252. The van der Waals surface area contributed by atoms with Crippen molar-refractivity contribution in [2.24, 2.45) is 0 Å². The predicted octanol–water partition coefficient (Wildman–Crippen LogP) is 2.81. The number of fused-ring (bicyclic) bond motifs is 1. The Balaban J connectivity index is 1.50. The van der Waals surface area contributed by atoms with Crippen LogP contribution in [-0.2, 0) is 12.8 Å². The second-order valence-electron chi connectivity index (χ2n) is 5.67. The summed E-state index contributed by atoms with van der Waals surface area (Å²) in [6.45, 7) is 1.50. The number of aromatic nitrogens is 1. The van der Waals surface area contributed by atoms with E-state index < -0.39 is 0 Å². The normalized spacial score (nSPS) is 12.7. The van der Waals surface area contributed by atoms with Crippen LogP contribution >= 0.6 is 0 Å². The maximum absolute atomic E-state index is 12.0. The standard InChI is InChI=1S/C18H22N4O2/c1-24-16-7-3-2-6-15(16)22-18(23)20-12-10-14-9-8-13-5-4-11-19-17(13)21-14/h2-3,6-9H,4-5,10-12H2,1H3,(H,19,21)(H2,20,22,23). The van der Waals surface area contributed by atoms with Crippen molar-refractivity contribution < 1.29 is 9.53 Å². The maximum Gasteiger partial charge on any atom is 0.319 e. The van der Waals surface area contributed by atoms with E-state index in [4.69, 9.17) is 4.74 Å². The zero-order valence-electron chi connectivity index (χ0n) is 13.8. The number of hydrogen-bond donors (Lipinski definition) is 3. The molecule has 2 amide bonds. The van der Waals surface area contributed by atoms with Crippen molar-refractivity contribution in [2.45, 2.75) is 19.3 Å². The zero-order valence-corrected chi connectivity index (χ0v) is 13.8. The molecular formula is C18H22N4O2. The summed E-state index contributed by atoms with van der Waals surface area (Å²) in [5, 5.41) is 8.96. The Kier molecular flexibility index (Phi) is 5.15. The van der Waals surface area contributed by atoms with E-state index in [-0.39, 0.29) is 6.03 Å². The molecule has 6 heteroatoms.